The fraction of sp³-hybridized carbons (Fsp3) is 0.364. The van der Waals surface area contributed by atoms with Crippen LogP contribution in [0.1, 0.15) is 44.4 Å². The summed E-state index contributed by atoms with van der Waals surface area (Å²) in [5.74, 6) is 0. The van der Waals surface area contributed by atoms with Gasteiger partial charge in [0.2, 0.25) is 0 Å². The van der Waals surface area contributed by atoms with E-state index in [0.29, 0.717) is 18.7 Å². The first kappa shape index (κ1) is 20.5. The van der Waals surface area contributed by atoms with E-state index in [1.54, 1.807) is 13.0 Å². The number of nitroso groups, excluding NO2 is 2. The topological polar surface area (TPSA) is 62.1 Å². The SMILES string of the molecule is C=C(N(CC)C(C)N=O)C(C)(C)c1ccc(N=O)c(Cc2ccccc2)c1. The Bertz CT molecular complexity index is 816. The summed E-state index contributed by atoms with van der Waals surface area (Å²) in [7, 11) is 0. The molecule has 5 nitrogen and oxygen atoms in total. The van der Waals surface area contributed by atoms with Crippen LogP contribution in [0.2, 0.25) is 0 Å². The molecule has 0 aliphatic carbocycles. The van der Waals surface area contributed by atoms with E-state index in [-0.39, 0.29) is 0 Å². The van der Waals surface area contributed by atoms with E-state index < -0.39 is 11.6 Å². The summed E-state index contributed by atoms with van der Waals surface area (Å²) >= 11 is 0. The lowest BCUT2D eigenvalue weighted by Crippen LogP contribution is -2.38. The van der Waals surface area contributed by atoms with Gasteiger partial charge in [-0.1, -0.05) is 62.9 Å². The molecule has 0 saturated heterocycles. The summed E-state index contributed by atoms with van der Waals surface area (Å²) in [4.78, 5) is 24.2. The first-order chi connectivity index (χ1) is 12.8. The first-order valence-electron chi connectivity index (χ1n) is 9.14. The average Bonchev–Trinajstić information content (AvgIpc) is 2.68. The van der Waals surface area contributed by atoms with Gasteiger partial charge in [-0.15, -0.1) is 9.81 Å². The minimum Gasteiger partial charge on any atom is -0.351 e. The van der Waals surface area contributed by atoms with Crippen molar-refractivity contribution in [1.82, 2.24) is 4.90 Å². The largest absolute Gasteiger partial charge is 0.351 e. The number of nitrogens with zero attached hydrogens (tertiary/aromatic N) is 3. The van der Waals surface area contributed by atoms with E-state index in [9.17, 15) is 9.81 Å². The fourth-order valence-corrected chi connectivity index (χ4v) is 3.28. The minimum absolute atomic E-state index is 0.429. The van der Waals surface area contributed by atoms with Crippen LogP contribution in [0.5, 0.6) is 0 Å². The van der Waals surface area contributed by atoms with E-state index in [1.807, 2.05) is 54.3 Å². The van der Waals surface area contributed by atoms with Gasteiger partial charge in [0.1, 0.15) is 5.69 Å². The van der Waals surface area contributed by atoms with Crippen LogP contribution in [0, 0.1) is 9.81 Å². The number of allylic oxidation sites excluding steroid dienone is 1. The number of hydrogen-bond acceptors (Lipinski definition) is 5. The molecule has 0 bridgehead atoms. The lowest BCUT2D eigenvalue weighted by Gasteiger charge is -2.38. The zero-order chi connectivity index (χ0) is 20.0. The Balaban J connectivity index is 2.41. The zero-order valence-electron chi connectivity index (χ0n) is 16.5. The number of hydrogen-bond donors (Lipinski definition) is 0. The maximum absolute atomic E-state index is 11.3. The fourth-order valence-electron chi connectivity index (χ4n) is 3.28. The molecule has 0 spiro atoms. The summed E-state index contributed by atoms with van der Waals surface area (Å²) in [6, 6.07) is 15.7. The van der Waals surface area contributed by atoms with E-state index in [0.717, 1.165) is 22.4 Å². The molecule has 2 rings (SSSR count). The molecule has 1 atom stereocenters. The average molecular weight is 365 g/mol. The molecule has 0 fully saturated rings. The van der Waals surface area contributed by atoms with Crippen LogP contribution in [-0.2, 0) is 11.8 Å². The van der Waals surface area contributed by atoms with Gasteiger partial charge in [0, 0.05) is 17.7 Å². The quantitative estimate of drug-likeness (QED) is 0.520. The monoisotopic (exact) mass is 365 g/mol. The maximum Gasteiger partial charge on any atom is 0.160 e. The minimum atomic E-state index is -0.485. The molecule has 0 N–H and O–H groups in total. The maximum atomic E-state index is 11.3. The summed E-state index contributed by atoms with van der Waals surface area (Å²) in [6.45, 7) is 12.7. The molecule has 2 aromatic rings. The van der Waals surface area contributed by atoms with Gasteiger partial charge in [-0.2, -0.15) is 0 Å². The van der Waals surface area contributed by atoms with Gasteiger partial charge in [0.05, 0.1) is 0 Å². The molecule has 142 valence electrons. The van der Waals surface area contributed by atoms with Crippen molar-refractivity contribution in [3.63, 3.8) is 0 Å². The molecule has 27 heavy (non-hydrogen) atoms. The molecule has 0 saturated carbocycles. The third-order valence-corrected chi connectivity index (χ3v) is 5.15. The molecule has 1 unspecified atom stereocenters. The first-order valence-corrected chi connectivity index (χ1v) is 9.14. The smallest absolute Gasteiger partial charge is 0.160 e. The van der Waals surface area contributed by atoms with E-state index >= 15 is 0 Å². The lowest BCUT2D eigenvalue weighted by molar-refractivity contribution is 0.250. The van der Waals surface area contributed by atoms with Gasteiger partial charge in [0.15, 0.2) is 6.17 Å². The molecular formula is C22H27N3O2. The zero-order valence-corrected chi connectivity index (χ0v) is 16.5. The van der Waals surface area contributed by atoms with Crippen molar-refractivity contribution in [3.8, 4) is 0 Å². The second-order valence-electron chi connectivity index (χ2n) is 7.19. The van der Waals surface area contributed by atoms with Crippen molar-refractivity contribution in [1.29, 1.82) is 0 Å². The van der Waals surface area contributed by atoms with Crippen LogP contribution in [0.15, 0.2) is 71.2 Å². The number of likely N-dealkylation sites (N-methyl/N-ethyl adjacent to an activating group) is 1. The van der Waals surface area contributed by atoms with Crippen LogP contribution in [0.25, 0.3) is 0 Å². The summed E-state index contributed by atoms with van der Waals surface area (Å²) in [6.07, 6.45) is 0.142. The normalized spacial score (nSPS) is 12.3. The summed E-state index contributed by atoms with van der Waals surface area (Å²) in [5.41, 5.74) is 3.84. The van der Waals surface area contributed by atoms with Gasteiger partial charge in [-0.3, -0.25) is 0 Å². The Morgan fingerprint density at radius 1 is 1.15 bits per heavy atom. The van der Waals surface area contributed by atoms with E-state index in [1.165, 1.54) is 0 Å². The van der Waals surface area contributed by atoms with Gasteiger partial charge < -0.3 is 4.90 Å². The lowest BCUT2D eigenvalue weighted by atomic mass is 9.79. The summed E-state index contributed by atoms with van der Waals surface area (Å²) in [5, 5.41) is 6.34. The highest BCUT2D eigenvalue weighted by Gasteiger charge is 2.30. The van der Waals surface area contributed by atoms with Crippen LogP contribution in [0.3, 0.4) is 0 Å². The molecule has 0 heterocycles. The molecule has 0 radical (unpaired) electrons. The predicted octanol–water partition coefficient (Wildman–Crippen LogP) is 5.90. The molecule has 0 aliphatic heterocycles. The third kappa shape index (κ3) is 4.48. The van der Waals surface area contributed by atoms with Crippen molar-refractivity contribution in [3.05, 3.63) is 87.3 Å². The van der Waals surface area contributed by atoms with Crippen molar-refractivity contribution in [2.24, 2.45) is 10.4 Å². The standard InChI is InChI=1S/C22H27N3O2/c1-6-25(17(3)23-26)16(2)22(4,5)20-12-13-21(24-27)19(15-20)14-18-10-8-7-9-11-18/h7-13,15,17H,2,6,14H2,1,3-5H3. The molecule has 0 aromatic heterocycles. The Morgan fingerprint density at radius 3 is 2.37 bits per heavy atom. The Kier molecular flexibility index (Phi) is 6.61. The number of rotatable bonds is 9. The Hall–Kier alpha value is -2.82. The van der Waals surface area contributed by atoms with Gasteiger partial charge in [-0.05, 0) is 53.4 Å². The highest BCUT2D eigenvalue weighted by molar-refractivity contribution is 5.52. The predicted molar refractivity (Wildman–Crippen MR) is 111 cm³/mol. The molecule has 0 aliphatic rings. The van der Waals surface area contributed by atoms with Crippen LogP contribution < -0.4 is 0 Å². The Morgan fingerprint density at radius 2 is 1.81 bits per heavy atom. The number of benzene rings is 2. The van der Waals surface area contributed by atoms with Gasteiger partial charge in [0.25, 0.3) is 0 Å². The van der Waals surface area contributed by atoms with Crippen molar-refractivity contribution < 1.29 is 0 Å². The molecule has 0 amide bonds. The van der Waals surface area contributed by atoms with E-state index in [4.69, 9.17) is 0 Å². The van der Waals surface area contributed by atoms with Crippen molar-refractivity contribution in [2.75, 3.05) is 6.54 Å². The van der Waals surface area contributed by atoms with Crippen LogP contribution in [0.4, 0.5) is 5.69 Å². The highest BCUT2D eigenvalue weighted by atomic mass is 16.3. The van der Waals surface area contributed by atoms with Crippen molar-refractivity contribution >= 4 is 5.69 Å². The van der Waals surface area contributed by atoms with Gasteiger partial charge >= 0.3 is 0 Å². The second-order valence-corrected chi connectivity index (χ2v) is 7.19. The summed E-state index contributed by atoms with van der Waals surface area (Å²) < 4.78 is 0. The third-order valence-electron chi connectivity index (χ3n) is 5.15. The molecular weight excluding hydrogens is 338 g/mol. The van der Waals surface area contributed by atoms with Crippen LogP contribution >= 0.6 is 0 Å². The second kappa shape index (κ2) is 8.71. The van der Waals surface area contributed by atoms with Crippen molar-refractivity contribution in [2.45, 2.75) is 45.7 Å². The van der Waals surface area contributed by atoms with E-state index in [2.05, 4.69) is 30.8 Å². The van der Waals surface area contributed by atoms with Crippen LogP contribution in [-0.4, -0.2) is 17.6 Å². The Labute approximate surface area is 161 Å². The van der Waals surface area contributed by atoms with Gasteiger partial charge in [-0.25, -0.2) is 0 Å². The molecule has 5 heteroatoms. The highest BCUT2D eigenvalue weighted by Crippen LogP contribution is 2.36. The molecule has 2 aromatic carbocycles.